The van der Waals surface area contributed by atoms with E-state index in [1.54, 1.807) is 30.6 Å². The fourth-order valence-electron chi connectivity index (χ4n) is 3.44. The third-order valence-corrected chi connectivity index (χ3v) is 5.96. The molecular formula is C23H23ClN4O5S. The maximum atomic E-state index is 12.7. The molecule has 4 rings (SSSR count). The van der Waals surface area contributed by atoms with Gasteiger partial charge in [-0.2, -0.15) is 8.42 Å². The van der Waals surface area contributed by atoms with E-state index in [0.29, 0.717) is 35.0 Å². The maximum Gasteiger partial charge on any atom is 0.264 e. The SMILES string of the molecule is Cc1c(CCCOS(C)(=O)=O)nc2ccc(-n3ccc(OCc4ccc(Cl)cn4)cc3=O)cn12. The fourth-order valence-corrected chi connectivity index (χ4v) is 3.97. The van der Waals surface area contributed by atoms with E-state index in [-0.39, 0.29) is 18.8 Å². The van der Waals surface area contributed by atoms with Crippen molar-refractivity contribution in [2.24, 2.45) is 0 Å². The normalized spacial score (nSPS) is 11.7. The molecule has 0 N–H and O–H groups in total. The molecule has 9 nitrogen and oxygen atoms in total. The van der Waals surface area contributed by atoms with Crippen LogP contribution in [-0.2, 0) is 27.3 Å². The summed E-state index contributed by atoms with van der Waals surface area (Å²) in [6.07, 6.45) is 7.17. The molecule has 0 bridgehead atoms. The van der Waals surface area contributed by atoms with Crippen LogP contribution in [0.4, 0.5) is 0 Å². The van der Waals surface area contributed by atoms with Crippen molar-refractivity contribution >= 4 is 27.4 Å². The first-order valence-corrected chi connectivity index (χ1v) is 12.7. The molecule has 4 heterocycles. The minimum atomic E-state index is -3.45. The Morgan fingerprint density at radius 2 is 1.97 bits per heavy atom. The lowest BCUT2D eigenvalue weighted by Gasteiger charge is -2.09. The topological polar surface area (TPSA) is 105 Å². The number of hydrogen-bond donors (Lipinski definition) is 0. The van der Waals surface area contributed by atoms with Gasteiger partial charge in [-0.1, -0.05) is 11.6 Å². The molecule has 0 radical (unpaired) electrons. The molecule has 0 unspecified atom stereocenters. The van der Waals surface area contributed by atoms with Gasteiger partial charge in [0.2, 0.25) is 0 Å². The second-order valence-corrected chi connectivity index (χ2v) is 9.80. The number of nitrogens with zero attached hydrogens (tertiary/aromatic N) is 4. The summed E-state index contributed by atoms with van der Waals surface area (Å²) in [4.78, 5) is 21.5. The highest BCUT2D eigenvalue weighted by molar-refractivity contribution is 7.85. The molecule has 0 aliphatic carbocycles. The number of aryl methyl sites for hydroxylation is 2. The van der Waals surface area contributed by atoms with Crippen LogP contribution in [0.15, 0.2) is 59.8 Å². The second-order valence-electron chi connectivity index (χ2n) is 7.72. The zero-order valence-electron chi connectivity index (χ0n) is 18.6. The van der Waals surface area contributed by atoms with Gasteiger partial charge in [-0.15, -0.1) is 0 Å². The lowest BCUT2D eigenvalue weighted by Crippen LogP contribution is -2.17. The Morgan fingerprint density at radius 1 is 1.15 bits per heavy atom. The quantitative estimate of drug-likeness (QED) is 0.255. The zero-order valence-corrected chi connectivity index (χ0v) is 20.2. The van der Waals surface area contributed by atoms with Crippen molar-refractivity contribution in [1.29, 1.82) is 0 Å². The van der Waals surface area contributed by atoms with Crippen molar-refractivity contribution in [1.82, 2.24) is 18.9 Å². The lowest BCUT2D eigenvalue weighted by molar-refractivity contribution is 0.300. The van der Waals surface area contributed by atoms with Crippen LogP contribution in [0.3, 0.4) is 0 Å². The van der Waals surface area contributed by atoms with Gasteiger partial charge in [0.1, 0.15) is 18.0 Å². The highest BCUT2D eigenvalue weighted by atomic mass is 35.5. The Kier molecular flexibility index (Phi) is 7.01. The van der Waals surface area contributed by atoms with E-state index < -0.39 is 10.1 Å². The van der Waals surface area contributed by atoms with E-state index in [0.717, 1.165) is 23.3 Å². The number of rotatable bonds is 9. The average molecular weight is 503 g/mol. The van der Waals surface area contributed by atoms with E-state index in [2.05, 4.69) is 9.97 Å². The lowest BCUT2D eigenvalue weighted by atomic mass is 10.2. The Labute approximate surface area is 201 Å². The largest absolute Gasteiger partial charge is 0.487 e. The van der Waals surface area contributed by atoms with Gasteiger partial charge >= 0.3 is 0 Å². The van der Waals surface area contributed by atoms with Crippen molar-refractivity contribution in [2.45, 2.75) is 26.4 Å². The first-order valence-electron chi connectivity index (χ1n) is 10.5. The minimum Gasteiger partial charge on any atom is -0.487 e. The highest BCUT2D eigenvalue weighted by Gasteiger charge is 2.11. The first kappa shape index (κ1) is 23.9. The molecule has 0 amide bonds. The Morgan fingerprint density at radius 3 is 2.68 bits per heavy atom. The van der Waals surface area contributed by atoms with E-state index in [1.807, 2.05) is 29.7 Å². The van der Waals surface area contributed by atoms with Crippen LogP contribution in [0.2, 0.25) is 5.02 Å². The summed E-state index contributed by atoms with van der Waals surface area (Å²) < 4.78 is 36.1. The number of hydrogen-bond acceptors (Lipinski definition) is 7. The molecule has 0 atom stereocenters. The molecule has 0 saturated heterocycles. The van der Waals surface area contributed by atoms with E-state index in [1.165, 1.54) is 10.6 Å². The monoisotopic (exact) mass is 502 g/mol. The average Bonchev–Trinajstić information content (AvgIpc) is 3.11. The molecule has 0 aliphatic rings. The van der Waals surface area contributed by atoms with Crippen LogP contribution >= 0.6 is 11.6 Å². The van der Waals surface area contributed by atoms with E-state index in [4.69, 9.17) is 20.5 Å². The number of pyridine rings is 3. The third-order valence-electron chi connectivity index (χ3n) is 5.14. The molecule has 34 heavy (non-hydrogen) atoms. The molecular weight excluding hydrogens is 480 g/mol. The molecule has 0 spiro atoms. The molecule has 11 heteroatoms. The number of aromatic nitrogens is 4. The number of halogens is 1. The Bertz CT molecular complexity index is 1480. The molecule has 0 saturated carbocycles. The van der Waals surface area contributed by atoms with E-state index >= 15 is 0 Å². The van der Waals surface area contributed by atoms with Gasteiger partial charge in [0.05, 0.1) is 35.0 Å². The van der Waals surface area contributed by atoms with Gasteiger partial charge in [0, 0.05) is 30.4 Å². The summed E-state index contributed by atoms with van der Waals surface area (Å²) in [5.41, 5.74) is 3.64. The summed E-state index contributed by atoms with van der Waals surface area (Å²) in [6.45, 7) is 2.26. The van der Waals surface area contributed by atoms with Crippen LogP contribution in [-0.4, -0.2) is 40.2 Å². The van der Waals surface area contributed by atoms with Crippen molar-refractivity contribution < 1.29 is 17.3 Å². The zero-order chi connectivity index (χ0) is 24.3. The van der Waals surface area contributed by atoms with Gasteiger partial charge in [-0.05, 0) is 50.1 Å². The molecule has 4 aromatic rings. The minimum absolute atomic E-state index is 0.106. The smallest absolute Gasteiger partial charge is 0.264 e. The third kappa shape index (κ3) is 5.82. The van der Waals surface area contributed by atoms with Crippen LogP contribution in [0.1, 0.15) is 23.5 Å². The van der Waals surface area contributed by atoms with Crippen molar-refractivity contribution in [3.8, 4) is 11.4 Å². The number of imidazole rings is 1. The standard InChI is InChI=1S/C23H23ClN4O5S/c1-16-21(4-3-11-33-34(2,30)31)26-22-8-7-19(14-28(16)22)27-10-9-20(12-23(27)29)32-15-18-6-5-17(24)13-25-18/h5-10,12-14H,3-4,11,15H2,1-2H3. The van der Waals surface area contributed by atoms with Gasteiger partial charge in [0.25, 0.3) is 15.7 Å². The van der Waals surface area contributed by atoms with Crippen LogP contribution in [0.25, 0.3) is 11.3 Å². The van der Waals surface area contributed by atoms with Crippen LogP contribution < -0.4 is 10.3 Å². The summed E-state index contributed by atoms with van der Waals surface area (Å²) in [6, 6.07) is 10.3. The predicted octanol–water partition coefficient (Wildman–Crippen LogP) is 3.33. The van der Waals surface area contributed by atoms with Crippen molar-refractivity contribution in [3.63, 3.8) is 0 Å². The van der Waals surface area contributed by atoms with Gasteiger partial charge in [-0.25, -0.2) is 4.98 Å². The van der Waals surface area contributed by atoms with Gasteiger partial charge in [0.15, 0.2) is 0 Å². The highest BCUT2D eigenvalue weighted by Crippen LogP contribution is 2.18. The molecule has 0 fully saturated rings. The first-order chi connectivity index (χ1) is 16.2. The molecule has 0 aliphatic heterocycles. The Balaban J connectivity index is 1.48. The van der Waals surface area contributed by atoms with Crippen molar-refractivity contribution in [2.75, 3.05) is 12.9 Å². The molecule has 4 aromatic heterocycles. The summed E-state index contributed by atoms with van der Waals surface area (Å²) in [5.74, 6) is 0.441. The molecule has 0 aromatic carbocycles. The Hall–Kier alpha value is -3.21. The predicted molar refractivity (Wildman–Crippen MR) is 128 cm³/mol. The second kappa shape index (κ2) is 9.96. The summed E-state index contributed by atoms with van der Waals surface area (Å²) in [7, 11) is -3.45. The van der Waals surface area contributed by atoms with Gasteiger partial charge < -0.3 is 9.14 Å². The van der Waals surface area contributed by atoms with E-state index in [9.17, 15) is 13.2 Å². The van der Waals surface area contributed by atoms with Crippen LogP contribution in [0, 0.1) is 6.92 Å². The van der Waals surface area contributed by atoms with Crippen molar-refractivity contribution in [3.05, 3.63) is 87.4 Å². The van der Waals surface area contributed by atoms with Crippen LogP contribution in [0.5, 0.6) is 5.75 Å². The van der Waals surface area contributed by atoms with Gasteiger partial charge in [-0.3, -0.25) is 18.5 Å². The fraction of sp³-hybridized carbons (Fsp3) is 0.261. The summed E-state index contributed by atoms with van der Waals surface area (Å²) in [5, 5.41) is 0.546. The molecule has 178 valence electrons. The number of fused-ring (bicyclic) bond motifs is 1. The maximum absolute atomic E-state index is 12.7. The summed E-state index contributed by atoms with van der Waals surface area (Å²) >= 11 is 5.84. The number of ether oxygens (including phenoxy) is 1.